The minimum atomic E-state index is -3.73. The van der Waals surface area contributed by atoms with E-state index in [9.17, 15) is 26.3 Å². The molecule has 0 bridgehead atoms. The van der Waals surface area contributed by atoms with E-state index in [0.29, 0.717) is 6.42 Å². The molecule has 4 unspecified atom stereocenters. The molecular weight excluding hydrogens is 246 g/mol. The Morgan fingerprint density at radius 1 is 0.882 bits per heavy atom. The lowest BCUT2D eigenvalue weighted by atomic mass is 9.83. The molecule has 4 aliphatic carbocycles. The Bertz CT molecular complexity index is 488. The summed E-state index contributed by atoms with van der Waals surface area (Å²) in [5.41, 5.74) is -14.1. The van der Waals surface area contributed by atoms with Crippen LogP contribution in [0.5, 0.6) is 0 Å². The topological polar surface area (TPSA) is 0 Å². The summed E-state index contributed by atoms with van der Waals surface area (Å²) < 4.78 is 83.9. The predicted octanol–water partition coefficient (Wildman–Crippen LogP) is 3.43. The average molecular weight is 254 g/mol. The van der Waals surface area contributed by atoms with Crippen molar-refractivity contribution in [3.05, 3.63) is 11.7 Å². The number of hydrogen-bond donors (Lipinski definition) is 0. The molecule has 0 N–H and O–H groups in total. The second-order valence-corrected chi connectivity index (χ2v) is 5.51. The van der Waals surface area contributed by atoms with Crippen molar-refractivity contribution < 1.29 is 26.3 Å². The molecule has 0 radical (unpaired) electrons. The van der Waals surface area contributed by atoms with E-state index in [1.807, 2.05) is 0 Å². The zero-order valence-corrected chi connectivity index (χ0v) is 8.54. The molecule has 17 heavy (non-hydrogen) atoms. The smallest absolute Gasteiger partial charge is 0.235 e. The van der Waals surface area contributed by atoms with Crippen LogP contribution in [0.15, 0.2) is 11.7 Å². The first-order valence-corrected chi connectivity index (χ1v) is 5.61. The van der Waals surface area contributed by atoms with Crippen LogP contribution in [0.3, 0.4) is 0 Å². The predicted molar refractivity (Wildman–Crippen MR) is 45.4 cm³/mol. The fraction of sp³-hybridized carbons (Fsp3) is 0.818. The van der Waals surface area contributed by atoms with E-state index in [2.05, 4.69) is 0 Å². The van der Waals surface area contributed by atoms with Crippen LogP contribution in [-0.4, -0.2) is 22.7 Å². The third-order valence-electron chi connectivity index (χ3n) is 5.27. The van der Waals surface area contributed by atoms with Gasteiger partial charge in [-0.15, -0.1) is 0 Å². The van der Waals surface area contributed by atoms with Crippen LogP contribution >= 0.6 is 0 Å². The summed E-state index contributed by atoms with van der Waals surface area (Å²) >= 11 is 0. The second-order valence-electron chi connectivity index (χ2n) is 5.51. The van der Waals surface area contributed by atoms with E-state index in [1.54, 1.807) is 0 Å². The third kappa shape index (κ3) is 0.534. The van der Waals surface area contributed by atoms with E-state index in [4.69, 9.17) is 0 Å². The summed E-state index contributed by atoms with van der Waals surface area (Å²) in [5, 5.41) is 0. The van der Waals surface area contributed by atoms with Gasteiger partial charge < -0.3 is 0 Å². The Morgan fingerprint density at radius 3 is 2.12 bits per heavy atom. The van der Waals surface area contributed by atoms with E-state index in [0.717, 1.165) is 0 Å². The van der Waals surface area contributed by atoms with Gasteiger partial charge >= 0.3 is 0 Å². The second kappa shape index (κ2) is 2.14. The van der Waals surface area contributed by atoms with Crippen LogP contribution in [0.1, 0.15) is 19.3 Å². The largest absolute Gasteiger partial charge is 0.242 e. The number of halogens is 6. The number of allylic oxidation sites excluding steroid dienone is 2. The summed E-state index contributed by atoms with van der Waals surface area (Å²) in [6, 6.07) is 0. The Kier molecular flexibility index (Phi) is 1.29. The number of fused-ring (bicyclic) bond motifs is 4. The zero-order chi connectivity index (χ0) is 12.4. The van der Waals surface area contributed by atoms with Crippen LogP contribution < -0.4 is 0 Å². The van der Waals surface area contributed by atoms with Gasteiger partial charge in [-0.05, 0) is 12.8 Å². The van der Waals surface area contributed by atoms with Crippen molar-refractivity contribution in [1.29, 1.82) is 0 Å². The molecule has 0 nitrogen and oxygen atoms in total. The van der Waals surface area contributed by atoms with Crippen molar-refractivity contribution in [3.8, 4) is 0 Å². The van der Waals surface area contributed by atoms with Gasteiger partial charge in [0, 0.05) is 11.8 Å². The van der Waals surface area contributed by atoms with E-state index >= 15 is 0 Å². The fourth-order valence-electron chi connectivity index (χ4n) is 4.61. The maximum absolute atomic E-state index is 14.5. The lowest BCUT2D eigenvalue weighted by molar-refractivity contribution is -0.00111. The van der Waals surface area contributed by atoms with Crippen LogP contribution in [0.25, 0.3) is 0 Å². The molecule has 0 saturated heterocycles. The van der Waals surface area contributed by atoms with Crippen molar-refractivity contribution in [1.82, 2.24) is 0 Å². The van der Waals surface area contributed by atoms with Gasteiger partial charge in [0.15, 0.2) is 17.3 Å². The van der Waals surface area contributed by atoms with Crippen LogP contribution in [0.2, 0.25) is 0 Å². The Hall–Kier alpha value is -0.680. The number of rotatable bonds is 0. The van der Waals surface area contributed by atoms with Gasteiger partial charge in [0.2, 0.25) is 17.0 Å². The summed E-state index contributed by atoms with van der Waals surface area (Å²) in [6.07, 6.45) is 0.522. The van der Waals surface area contributed by atoms with Gasteiger partial charge in [0.1, 0.15) is 0 Å². The molecule has 0 amide bonds. The van der Waals surface area contributed by atoms with Gasteiger partial charge in [-0.2, -0.15) is 0 Å². The van der Waals surface area contributed by atoms with Crippen molar-refractivity contribution >= 4 is 0 Å². The van der Waals surface area contributed by atoms with Crippen molar-refractivity contribution in [2.24, 2.45) is 11.8 Å². The molecule has 6 heteroatoms. The van der Waals surface area contributed by atoms with E-state index < -0.39 is 46.2 Å². The highest BCUT2D eigenvalue weighted by Gasteiger charge is 3.12. The minimum absolute atomic E-state index is 0.0648. The standard InChI is InChI=1S/C11H8F6/c12-6-7(13)10(16)9(15)5-3-1-2-4(5)8(6,14)11(9,10)17/h4-5H,1-3H2/t4-,5+,8?,9?,10?,11?/m0/s1. The first kappa shape index (κ1) is 10.3. The summed E-state index contributed by atoms with van der Waals surface area (Å²) in [4.78, 5) is 0. The molecule has 0 heterocycles. The van der Waals surface area contributed by atoms with Gasteiger partial charge in [-0.25, -0.2) is 26.3 Å². The van der Waals surface area contributed by atoms with Crippen molar-refractivity contribution in [2.75, 3.05) is 0 Å². The first-order chi connectivity index (χ1) is 7.79. The normalized spacial score (nSPS) is 67.4. The van der Waals surface area contributed by atoms with Crippen LogP contribution in [-0.2, 0) is 0 Å². The summed E-state index contributed by atoms with van der Waals surface area (Å²) in [6.45, 7) is 0. The van der Waals surface area contributed by atoms with Crippen LogP contribution in [0.4, 0.5) is 26.3 Å². The zero-order valence-electron chi connectivity index (χ0n) is 8.54. The molecule has 3 fully saturated rings. The van der Waals surface area contributed by atoms with Crippen molar-refractivity contribution in [3.63, 3.8) is 0 Å². The lowest BCUT2D eigenvalue weighted by Crippen LogP contribution is -2.42. The van der Waals surface area contributed by atoms with Crippen molar-refractivity contribution in [2.45, 2.75) is 41.9 Å². The molecule has 94 valence electrons. The van der Waals surface area contributed by atoms with E-state index in [-0.39, 0.29) is 12.8 Å². The minimum Gasteiger partial charge on any atom is -0.235 e. The number of alkyl halides is 4. The lowest BCUT2D eigenvalue weighted by Gasteiger charge is -2.27. The SMILES string of the molecule is FC1=C(F)C2(F)C3(F)[C@@H]4CCC[C@@H]4C1(F)C23F. The van der Waals surface area contributed by atoms with Gasteiger partial charge in [-0.1, -0.05) is 6.42 Å². The molecule has 0 aliphatic heterocycles. The monoisotopic (exact) mass is 254 g/mol. The fourth-order valence-corrected chi connectivity index (χ4v) is 4.61. The molecule has 4 aliphatic rings. The van der Waals surface area contributed by atoms with E-state index in [1.165, 1.54) is 0 Å². The maximum Gasteiger partial charge on any atom is 0.242 e. The molecule has 0 aromatic carbocycles. The van der Waals surface area contributed by atoms with Gasteiger partial charge in [0.05, 0.1) is 0 Å². The summed E-state index contributed by atoms with van der Waals surface area (Å²) in [7, 11) is 0. The quantitative estimate of drug-likeness (QED) is 0.581. The highest BCUT2D eigenvalue weighted by atomic mass is 19.2. The molecule has 6 atom stereocenters. The molecule has 0 aromatic heterocycles. The molecule has 0 aromatic rings. The third-order valence-corrected chi connectivity index (χ3v) is 5.27. The Balaban J connectivity index is 2.05. The molecule has 3 saturated carbocycles. The maximum atomic E-state index is 14.5. The highest BCUT2D eigenvalue weighted by Crippen LogP contribution is 2.90. The van der Waals surface area contributed by atoms with Gasteiger partial charge in [-0.3, -0.25) is 0 Å². The summed E-state index contributed by atoms with van der Waals surface area (Å²) in [5.74, 6) is -6.82. The molecule has 0 spiro atoms. The Morgan fingerprint density at radius 2 is 1.47 bits per heavy atom. The highest BCUT2D eigenvalue weighted by molar-refractivity contribution is 5.66. The van der Waals surface area contributed by atoms with Gasteiger partial charge in [0.25, 0.3) is 0 Å². The average Bonchev–Trinajstić information content (AvgIpc) is 2.73. The molecule has 4 rings (SSSR count). The number of hydrogen-bond acceptors (Lipinski definition) is 0. The Labute approximate surface area is 92.7 Å². The molecular formula is C11H8F6. The van der Waals surface area contributed by atoms with Crippen LogP contribution in [0, 0.1) is 11.8 Å². The first-order valence-electron chi connectivity index (χ1n) is 5.61.